The van der Waals surface area contributed by atoms with Crippen LogP contribution >= 0.6 is 12.4 Å². The fourth-order valence-electron chi connectivity index (χ4n) is 3.74. The Labute approximate surface area is 159 Å². The van der Waals surface area contributed by atoms with E-state index in [1.54, 1.807) is 4.31 Å². The summed E-state index contributed by atoms with van der Waals surface area (Å²) in [4.78, 5) is 14.6. The van der Waals surface area contributed by atoms with Crippen LogP contribution in [0.5, 0.6) is 0 Å². The molecule has 2 heterocycles. The van der Waals surface area contributed by atoms with E-state index in [2.05, 4.69) is 0 Å². The lowest BCUT2D eigenvalue weighted by molar-refractivity contribution is -0.138. The Morgan fingerprint density at radius 2 is 1.68 bits per heavy atom. The van der Waals surface area contributed by atoms with Crippen molar-refractivity contribution in [2.45, 2.75) is 58.4 Å². The SMILES string of the molecule is CCCCS(=O)(=O)N1CCC(C(=O)N2CCC(C(C)N)CC2)CC1.Cl. The summed E-state index contributed by atoms with van der Waals surface area (Å²) in [6.45, 7) is 6.59. The zero-order valence-corrected chi connectivity index (χ0v) is 17.2. The molecule has 2 fully saturated rings. The van der Waals surface area contributed by atoms with Crippen LogP contribution in [-0.4, -0.2) is 61.5 Å². The summed E-state index contributed by atoms with van der Waals surface area (Å²) in [7, 11) is -3.14. The highest BCUT2D eigenvalue weighted by atomic mass is 35.5. The van der Waals surface area contributed by atoms with Crippen molar-refractivity contribution in [2.24, 2.45) is 17.6 Å². The van der Waals surface area contributed by atoms with Crippen LogP contribution in [-0.2, 0) is 14.8 Å². The number of sulfonamides is 1. The van der Waals surface area contributed by atoms with Crippen LogP contribution in [0, 0.1) is 11.8 Å². The molecular weight excluding hydrogens is 362 g/mol. The highest BCUT2D eigenvalue weighted by Gasteiger charge is 2.34. The van der Waals surface area contributed by atoms with Crippen molar-refractivity contribution in [1.29, 1.82) is 0 Å². The lowest BCUT2D eigenvalue weighted by Crippen LogP contribution is -2.48. The third-order valence-corrected chi connectivity index (χ3v) is 7.50. The van der Waals surface area contributed by atoms with Crippen molar-refractivity contribution < 1.29 is 13.2 Å². The van der Waals surface area contributed by atoms with Crippen molar-refractivity contribution in [1.82, 2.24) is 9.21 Å². The predicted octanol–water partition coefficient (Wildman–Crippen LogP) is 1.84. The normalized spacial score (nSPS) is 22.4. The average Bonchev–Trinajstić information content (AvgIpc) is 2.59. The highest BCUT2D eigenvalue weighted by molar-refractivity contribution is 7.89. The molecular formula is C17H34ClN3O3S. The van der Waals surface area contributed by atoms with Gasteiger partial charge < -0.3 is 10.6 Å². The molecule has 2 rings (SSSR count). The number of hydrogen-bond acceptors (Lipinski definition) is 4. The molecule has 2 aliphatic rings. The van der Waals surface area contributed by atoms with Crippen molar-refractivity contribution >= 4 is 28.3 Å². The molecule has 0 bridgehead atoms. The summed E-state index contributed by atoms with van der Waals surface area (Å²) in [6.07, 6.45) is 4.84. The van der Waals surface area contributed by atoms with Crippen molar-refractivity contribution in [3.63, 3.8) is 0 Å². The molecule has 8 heteroatoms. The molecule has 1 atom stereocenters. The first-order chi connectivity index (χ1) is 11.3. The first kappa shape index (κ1) is 22.7. The molecule has 0 aromatic rings. The summed E-state index contributed by atoms with van der Waals surface area (Å²) in [6, 6.07) is 0.193. The van der Waals surface area contributed by atoms with Crippen LogP contribution in [0.4, 0.5) is 0 Å². The molecule has 25 heavy (non-hydrogen) atoms. The van der Waals surface area contributed by atoms with Crippen LogP contribution in [0.25, 0.3) is 0 Å². The number of carbonyl (C=O) groups is 1. The van der Waals surface area contributed by atoms with Crippen LogP contribution in [0.2, 0.25) is 0 Å². The Morgan fingerprint density at radius 3 is 2.16 bits per heavy atom. The van der Waals surface area contributed by atoms with E-state index >= 15 is 0 Å². The number of unbranched alkanes of at least 4 members (excludes halogenated alkanes) is 1. The van der Waals surface area contributed by atoms with E-state index in [0.29, 0.717) is 38.3 Å². The van der Waals surface area contributed by atoms with E-state index < -0.39 is 10.0 Å². The minimum Gasteiger partial charge on any atom is -0.342 e. The van der Waals surface area contributed by atoms with Gasteiger partial charge in [-0.1, -0.05) is 13.3 Å². The molecule has 2 N–H and O–H groups in total. The van der Waals surface area contributed by atoms with E-state index in [0.717, 1.165) is 32.4 Å². The van der Waals surface area contributed by atoms with E-state index in [4.69, 9.17) is 5.73 Å². The smallest absolute Gasteiger partial charge is 0.225 e. The summed E-state index contributed by atoms with van der Waals surface area (Å²) in [5.74, 6) is 0.935. The monoisotopic (exact) mass is 395 g/mol. The van der Waals surface area contributed by atoms with Gasteiger partial charge in [0, 0.05) is 38.1 Å². The largest absolute Gasteiger partial charge is 0.342 e. The third-order valence-electron chi connectivity index (χ3n) is 5.55. The van der Waals surface area contributed by atoms with Gasteiger partial charge in [-0.2, -0.15) is 0 Å². The van der Waals surface area contributed by atoms with Gasteiger partial charge in [-0.15, -0.1) is 12.4 Å². The number of hydrogen-bond donors (Lipinski definition) is 1. The maximum atomic E-state index is 12.7. The first-order valence-corrected chi connectivity index (χ1v) is 11.0. The number of rotatable bonds is 6. The van der Waals surface area contributed by atoms with E-state index in [-0.39, 0.29) is 36.0 Å². The van der Waals surface area contributed by atoms with Gasteiger partial charge in [-0.3, -0.25) is 4.79 Å². The Kier molecular flexibility index (Phi) is 9.15. The Morgan fingerprint density at radius 1 is 1.12 bits per heavy atom. The zero-order valence-electron chi connectivity index (χ0n) is 15.5. The van der Waals surface area contributed by atoms with Gasteiger partial charge in [0.15, 0.2) is 0 Å². The molecule has 0 saturated carbocycles. The molecule has 0 spiro atoms. The first-order valence-electron chi connectivity index (χ1n) is 9.37. The zero-order chi connectivity index (χ0) is 17.7. The molecule has 0 radical (unpaired) electrons. The standard InChI is InChI=1S/C17H33N3O3S.ClH/c1-3-4-13-24(22,23)20-11-7-16(8-12-20)17(21)19-9-5-15(6-10-19)14(2)18;/h14-16H,3-13,18H2,1-2H3;1H. The van der Waals surface area contributed by atoms with Crippen molar-refractivity contribution in [3.8, 4) is 0 Å². The topological polar surface area (TPSA) is 83.7 Å². The van der Waals surface area contributed by atoms with Crippen LogP contribution in [0.1, 0.15) is 52.4 Å². The molecule has 1 unspecified atom stereocenters. The van der Waals surface area contributed by atoms with Gasteiger partial charge in [0.1, 0.15) is 0 Å². The fourth-order valence-corrected chi connectivity index (χ4v) is 5.42. The van der Waals surface area contributed by atoms with Gasteiger partial charge in [-0.25, -0.2) is 12.7 Å². The van der Waals surface area contributed by atoms with Gasteiger partial charge in [-0.05, 0) is 44.9 Å². The van der Waals surface area contributed by atoms with E-state index in [1.807, 2.05) is 18.7 Å². The second kappa shape index (κ2) is 10.1. The fraction of sp³-hybridized carbons (Fsp3) is 0.941. The molecule has 6 nitrogen and oxygen atoms in total. The molecule has 2 aliphatic heterocycles. The van der Waals surface area contributed by atoms with Gasteiger partial charge >= 0.3 is 0 Å². The lowest BCUT2D eigenvalue weighted by Gasteiger charge is -2.37. The second-order valence-corrected chi connectivity index (χ2v) is 9.45. The second-order valence-electron chi connectivity index (χ2n) is 7.36. The summed E-state index contributed by atoms with van der Waals surface area (Å²) < 4.78 is 26.1. The molecule has 1 amide bonds. The maximum Gasteiger partial charge on any atom is 0.225 e. The molecule has 0 aromatic heterocycles. The summed E-state index contributed by atoms with van der Waals surface area (Å²) in [5.41, 5.74) is 5.96. The van der Waals surface area contributed by atoms with Crippen LogP contribution in [0.3, 0.4) is 0 Å². The Hall–Kier alpha value is -0.370. The van der Waals surface area contributed by atoms with Crippen molar-refractivity contribution in [3.05, 3.63) is 0 Å². The van der Waals surface area contributed by atoms with E-state index in [1.165, 1.54) is 0 Å². The van der Waals surface area contributed by atoms with Gasteiger partial charge in [0.05, 0.1) is 5.75 Å². The predicted molar refractivity (Wildman–Crippen MR) is 103 cm³/mol. The maximum absolute atomic E-state index is 12.7. The molecule has 2 saturated heterocycles. The number of amides is 1. The molecule has 148 valence electrons. The summed E-state index contributed by atoms with van der Waals surface area (Å²) >= 11 is 0. The van der Waals surface area contributed by atoms with Gasteiger partial charge in [0.25, 0.3) is 0 Å². The quantitative estimate of drug-likeness (QED) is 0.743. The van der Waals surface area contributed by atoms with Crippen LogP contribution < -0.4 is 5.73 Å². The minimum atomic E-state index is -3.14. The van der Waals surface area contributed by atoms with Crippen LogP contribution in [0.15, 0.2) is 0 Å². The number of nitrogens with zero attached hydrogens (tertiary/aromatic N) is 2. The third kappa shape index (κ3) is 6.08. The number of likely N-dealkylation sites (tertiary alicyclic amines) is 1. The number of halogens is 1. The Balaban J connectivity index is 0.00000312. The molecule has 0 aliphatic carbocycles. The lowest BCUT2D eigenvalue weighted by atomic mass is 9.89. The minimum absolute atomic E-state index is 0. The number of piperidine rings is 2. The Bertz CT molecular complexity index is 511. The van der Waals surface area contributed by atoms with Crippen molar-refractivity contribution in [2.75, 3.05) is 31.9 Å². The molecule has 0 aromatic carbocycles. The number of nitrogens with two attached hydrogens (primary N) is 1. The summed E-state index contributed by atoms with van der Waals surface area (Å²) in [5, 5.41) is 0. The highest BCUT2D eigenvalue weighted by Crippen LogP contribution is 2.26. The van der Waals surface area contributed by atoms with Gasteiger partial charge in [0.2, 0.25) is 15.9 Å². The average molecular weight is 396 g/mol. The number of carbonyl (C=O) groups excluding carboxylic acids is 1. The van der Waals surface area contributed by atoms with E-state index in [9.17, 15) is 13.2 Å².